The molecule has 0 atom stereocenters. The molecular formula is C13H24N4. The topological polar surface area (TPSA) is 47.1 Å². The van der Waals surface area contributed by atoms with E-state index in [1.165, 1.54) is 12.8 Å². The summed E-state index contributed by atoms with van der Waals surface area (Å²) in [5.74, 6) is 1.13. The quantitative estimate of drug-likeness (QED) is 0.877. The second kappa shape index (κ2) is 4.24. The van der Waals surface area contributed by atoms with Crippen LogP contribution in [0.4, 0.5) is 11.5 Å². The third kappa shape index (κ3) is 2.01. The monoisotopic (exact) mass is 236 g/mol. The van der Waals surface area contributed by atoms with Crippen molar-refractivity contribution in [3.05, 3.63) is 5.69 Å². The highest BCUT2D eigenvalue weighted by Gasteiger charge is 2.35. The van der Waals surface area contributed by atoms with E-state index in [0.29, 0.717) is 0 Å². The standard InChI is InChI=1S/C13H24N4/c1-5-8-17-12(11(14)10(2)15-17)16-9-6-7-13(16,3)4/h5-9,14H2,1-4H3. The predicted octanol–water partition coefficient (Wildman–Crippen LogP) is 2.56. The van der Waals surface area contributed by atoms with E-state index in [0.717, 1.165) is 36.7 Å². The predicted molar refractivity (Wildman–Crippen MR) is 72.3 cm³/mol. The van der Waals surface area contributed by atoms with Crippen LogP contribution in [0, 0.1) is 6.92 Å². The summed E-state index contributed by atoms with van der Waals surface area (Å²) >= 11 is 0. The molecule has 96 valence electrons. The molecule has 1 aliphatic heterocycles. The lowest BCUT2D eigenvalue weighted by Crippen LogP contribution is -2.40. The van der Waals surface area contributed by atoms with Gasteiger partial charge >= 0.3 is 0 Å². The van der Waals surface area contributed by atoms with Gasteiger partial charge in [-0.2, -0.15) is 5.10 Å². The maximum atomic E-state index is 6.21. The molecule has 0 radical (unpaired) electrons. The van der Waals surface area contributed by atoms with Gasteiger partial charge in [-0.15, -0.1) is 0 Å². The number of nitrogen functional groups attached to an aromatic ring is 1. The Morgan fingerprint density at radius 2 is 2.12 bits per heavy atom. The van der Waals surface area contributed by atoms with Crippen LogP contribution < -0.4 is 10.6 Å². The number of hydrogen-bond acceptors (Lipinski definition) is 3. The van der Waals surface area contributed by atoms with E-state index in [9.17, 15) is 0 Å². The normalized spacial score (nSPS) is 18.9. The second-order valence-electron chi connectivity index (χ2n) is 5.61. The SMILES string of the molecule is CCCn1nc(C)c(N)c1N1CCCC1(C)C. The van der Waals surface area contributed by atoms with Crippen molar-refractivity contribution in [1.82, 2.24) is 9.78 Å². The van der Waals surface area contributed by atoms with Crippen LogP contribution in [0.2, 0.25) is 0 Å². The first-order valence-corrected chi connectivity index (χ1v) is 6.58. The minimum atomic E-state index is 0.200. The number of aromatic nitrogens is 2. The highest BCUT2D eigenvalue weighted by atomic mass is 15.4. The Hall–Kier alpha value is -1.19. The van der Waals surface area contributed by atoms with Gasteiger partial charge in [-0.25, -0.2) is 4.68 Å². The van der Waals surface area contributed by atoms with Gasteiger partial charge < -0.3 is 10.6 Å². The third-order valence-electron chi connectivity index (χ3n) is 3.74. The van der Waals surface area contributed by atoms with Gasteiger partial charge in [-0.3, -0.25) is 0 Å². The van der Waals surface area contributed by atoms with E-state index in [-0.39, 0.29) is 5.54 Å². The van der Waals surface area contributed by atoms with Crippen LogP contribution in [0.5, 0.6) is 0 Å². The number of rotatable bonds is 3. The fourth-order valence-corrected chi connectivity index (χ4v) is 2.74. The summed E-state index contributed by atoms with van der Waals surface area (Å²) in [6.45, 7) is 10.8. The lowest BCUT2D eigenvalue weighted by molar-refractivity contribution is 0.494. The van der Waals surface area contributed by atoms with E-state index in [4.69, 9.17) is 5.73 Å². The molecule has 0 unspecified atom stereocenters. The van der Waals surface area contributed by atoms with Crippen molar-refractivity contribution in [3.63, 3.8) is 0 Å². The maximum absolute atomic E-state index is 6.21. The van der Waals surface area contributed by atoms with Crippen molar-refractivity contribution in [2.24, 2.45) is 0 Å². The fourth-order valence-electron chi connectivity index (χ4n) is 2.74. The van der Waals surface area contributed by atoms with Crippen LogP contribution >= 0.6 is 0 Å². The first kappa shape index (κ1) is 12.3. The number of nitrogens with two attached hydrogens (primary N) is 1. The lowest BCUT2D eigenvalue weighted by Gasteiger charge is -2.34. The molecule has 1 aliphatic rings. The van der Waals surface area contributed by atoms with Gasteiger partial charge in [0.1, 0.15) is 0 Å². The van der Waals surface area contributed by atoms with Gasteiger partial charge in [0, 0.05) is 18.6 Å². The Morgan fingerprint density at radius 1 is 1.41 bits per heavy atom. The van der Waals surface area contributed by atoms with E-state index in [1.54, 1.807) is 0 Å². The van der Waals surface area contributed by atoms with Crippen molar-refractivity contribution < 1.29 is 0 Å². The molecule has 4 nitrogen and oxygen atoms in total. The van der Waals surface area contributed by atoms with E-state index in [2.05, 4.69) is 35.5 Å². The van der Waals surface area contributed by atoms with Crippen LogP contribution in [-0.2, 0) is 6.54 Å². The second-order valence-corrected chi connectivity index (χ2v) is 5.61. The molecule has 0 spiro atoms. The van der Waals surface area contributed by atoms with Crippen molar-refractivity contribution in [2.75, 3.05) is 17.2 Å². The zero-order valence-corrected chi connectivity index (χ0v) is 11.5. The molecule has 17 heavy (non-hydrogen) atoms. The average Bonchev–Trinajstić information content (AvgIpc) is 2.70. The van der Waals surface area contributed by atoms with Crippen molar-refractivity contribution >= 4 is 11.5 Å². The number of anilines is 2. The summed E-state index contributed by atoms with van der Waals surface area (Å²) in [5, 5.41) is 4.56. The molecule has 0 amide bonds. The Kier molecular flexibility index (Phi) is 3.06. The molecular weight excluding hydrogens is 212 g/mol. The highest BCUT2D eigenvalue weighted by Crippen LogP contribution is 2.37. The van der Waals surface area contributed by atoms with E-state index in [1.807, 2.05) is 6.92 Å². The van der Waals surface area contributed by atoms with Gasteiger partial charge in [-0.05, 0) is 40.0 Å². The minimum Gasteiger partial charge on any atom is -0.394 e. The fraction of sp³-hybridized carbons (Fsp3) is 0.769. The van der Waals surface area contributed by atoms with Gasteiger partial charge in [0.25, 0.3) is 0 Å². The summed E-state index contributed by atoms with van der Waals surface area (Å²) < 4.78 is 2.08. The van der Waals surface area contributed by atoms with Crippen LogP contribution in [-0.4, -0.2) is 21.9 Å². The van der Waals surface area contributed by atoms with Gasteiger partial charge in [0.05, 0.1) is 11.4 Å². The van der Waals surface area contributed by atoms with Gasteiger partial charge in [0.2, 0.25) is 0 Å². The zero-order chi connectivity index (χ0) is 12.6. The molecule has 2 N–H and O–H groups in total. The number of nitrogens with zero attached hydrogens (tertiary/aromatic N) is 3. The Balaban J connectivity index is 2.43. The van der Waals surface area contributed by atoms with Crippen molar-refractivity contribution in [2.45, 2.75) is 59.0 Å². The van der Waals surface area contributed by atoms with Crippen LogP contribution in [0.3, 0.4) is 0 Å². The molecule has 0 saturated carbocycles. The Labute approximate surface area is 104 Å². The van der Waals surface area contributed by atoms with Crippen molar-refractivity contribution in [1.29, 1.82) is 0 Å². The molecule has 1 fully saturated rings. The molecule has 2 heterocycles. The first-order valence-electron chi connectivity index (χ1n) is 6.58. The first-order chi connectivity index (χ1) is 7.97. The summed E-state index contributed by atoms with van der Waals surface area (Å²) in [4.78, 5) is 2.43. The van der Waals surface area contributed by atoms with Gasteiger partial charge in [0.15, 0.2) is 5.82 Å². The van der Waals surface area contributed by atoms with Crippen LogP contribution in [0.25, 0.3) is 0 Å². The van der Waals surface area contributed by atoms with Crippen molar-refractivity contribution in [3.8, 4) is 0 Å². The smallest absolute Gasteiger partial charge is 0.151 e. The molecule has 1 aromatic heterocycles. The molecule has 0 aliphatic carbocycles. The van der Waals surface area contributed by atoms with Gasteiger partial charge in [-0.1, -0.05) is 6.92 Å². The van der Waals surface area contributed by atoms with Crippen LogP contribution in [0.15, 0.2) is 0 Å². The average molecular weight is 236 g/mol. The molecule has 1 aromatic rings. The summed E-state index contributed by atoms with van der Waals surface area (Å²) in [5.41, 5.74) is 8.22. The minimum absolute atomic E-state index is 0.200. The largest absolute Gasteiger partial charge is 0.394 e. The molecule has 1 saturated heterocycles. The number of aryl methyl sites for hydroxylation is 2. The Bertz CT molecular complexity index is 406. The van der Waals surface area contributed by atoms with Crippen LogP contribution in [0.1, 0.15) is 45.7 Å². The highest BCUT2D eigenvalue weighted by molar-refractivity contribution is 5.67. The third-order valence-corrected chi connectivity index (χ3v) is 3.74. The zero-order valence-electron chi connectivity index (χ0n) is 11.5. The Morgan fingerprint density at radius 3 is 2.65 bits per heavy atom. The molecule has 4 heteroatoms. The maximum Gasteiger partial charge on any atom is 0.151 e. The summed E-state index contributed by atoms with van der Waals surface area (Å²) in [6, 6.07) is 0. The summed E-state index contributed by atoms with van der Waals surface area (Å²) in [6.07, 6.45) is 3.55. The van der Waals surface area contributed by atoms with E-state index < -0.39 is 0 Å². The molecule has 0 bridgehead atoms. The summed E-state index contributed by atoms with van der Waals surface area (Å²) in [7, 11) is 0. The molecule has 0 aromatic carbocycles. The van der Waals surface area contributed by atoms with E-state index >= 15 is 0 Å². The molecule has 2 rings (SSSR count). The lowest BCUT2D eigenvalue weighted by atomic mass is 10.0. The number of hydrogen-bond donors (Lipinski definition) is 1.